The van der Waals surface area contributed by atoms with Crippen molar-refractivity contribution < 1.29 is 17.1 Å². The summed E-state index contributed by atoms with van der Waals surface area (Å²) in [4.78, 5) is 0. The second-order valence-electron chi connectivity index (χ2n) is 0. The summed E-state index contributed by atoms with van der Waals surface area (Å²) in [5.41, 5.74) is 0. The Labute approximate surface area is 68.0 Å². The minimum Gasteiger partial charge on any atom is 0 e. The van der Waals surface area contributed by atoms with Crippen LogP contribution in [0.2, 0.25) is 0 Å². The van der Waals surface area contributed by atoms with Crippen molar-refractivity contribution >= 4 is 51.5 Å². The van der Waals surface area contributed by atoms with E-state index in [2.05, 4.69) is 0 Å². The Hall–Kier alpha value is 2.09. The molecule has 0 aromatic carbocycles. The van der Waals surface area contributed by atoms with Gasteiger partial charge in [-0.1, -0.05) is 0 Å². The van der Waals surface area contributed by atoms with Crippen molar-refractivity contribution in [1.82, 2.24) is 0 Å². The van der Waals surface area contributed by atoms with Crippen molar-refractivity contribution in [3.8, 4) is 0 Å². The molecule has 0 heterocycles. The van der Waals surface area contributed by atoms with Crippen molar-refractivity contribution in [2.45, 2.75) is 0 Å². The van der Waals surface area contributed by atoms with Gasteiger partial charge in [0.05, 0.1) is 0 Å². The standard InChI is InChI=1S/Al.Cu.2Se.3H. The summed E-state index contributed by atoms with van der Waals surface area (Å²) < 4.78 is 0. The molecule has 0 saturated heterocycles. The predicted molar refractivity (Wildman–Crippen MR) is 21.4 cm³/mol. The first-order valence-electron chi connectivity index (χ1n) is 0. The van der Waals surface area contributed by atoms with Crippen molar-refractivity contribution in [3.05, 3.63) is 0 Å². The molecule has 0 aromatic rings. The molecule has 4 heteroatoms. The van der Waals surface area contributed by atoms with E-state index in [1.54, 1.807) is 0 Å². The van der Waals surface area contributed by atoms with E-state index < -0.39 is 0 Å². The minimum absolute atomic E-state index is 0. The van der Waals surface area contributed by atoms with E-state index in [9.17, 15) is 0 Å². The molecule has 4 heavy (non-hydrogen) atoms. The molecule has 0 saturated carbocycles. The topological polar surface area (TPSA) is 0 Å². The minimum atomic E-state index is 0. The fourth-order valence-electron chi connectivity index (χ4n) is 0. The van der Waals surface area contributed by atoms with Crippen LogP contribution in [0.5, 0.6) is 0 Å². The molecule has 0 aliphatic carbocycles. The third kappa shape index (κ3) is 8.94. The molecule has 0 unspecified atom stereocenters. The SMILES string of the molecule is [AlH3].[Cu].[Se].[Se]. The van der Waals surface area contributed by atoms with Crippen molar-refractivity contribution in [2.24, 2.45) is 0 Å². The molecule has 29 valence electrons. The van der Waals surface area contributed by atoms with Gasteiger partial charge in [0.25, 0.3) is 0 Å². The predicted octanol–water partition coefficient (Wildman–Crippen LogP) is -1.95. The van der Waals surface area contributed by atoms with Crippen LogP contribution < -0.4 is 0 Å². The van der Waals surface area contributed by atoms with Crippen LogP contribution in [0.3, 0.4) is 0 Å². The molecule has 0 N–H and O–H groups in total. The Balaban J connectivity index is 0. The molecule has 0 aliphatic rings. The molecule has 0 bridgehead atoms. The van der Waals surface area contributed by atoms with E-state index in [1.165, 1.54) is 0 Å². The molecule has 0 rings (SSSR count). The molecule has 0 amide bonds. The molecular weight excluding hydrogens is 248 g/mol. The summed E-state index contributed by atoms with van der Waals surface area (Å²) in [5, 5.41) is 0. The van der Waals surface area contributed by atoms with Gasteiger partial charge in [-0.05, 0) is 0 Å². The van der Waals surface area contributed by atoms with Crippen LogP contribution in [0.4, 0.5) is 0 Å². The third-order valence-electron chi connectivity index (χ3n) is 0. The Morgan fingerprint density at radius 2 is 0.750 bits per heavy atom. The van der Waals surface area contributed by atoms with Crippen LogP contribution in [0.15, 0.2) is 0 Å². The Morgan fingerprint density at radius 3 is 0.750 bits per heavy atom. The maximum atomic E-state index is 0. The largest absolute Gasteiger partial charge is 0.187 e. The third-order valence-corrected chi connectivity index (χ3v) is 0. The number of hydrogen-bond acceptors (Lipinski definition) is 0. The summed E-state index contributed by atoms with van der Waals surface area (Å²) in [7, 11) is 0. The van der Waals surface area contributed by atoms with Crippen LogP contribution in [0.1, 0.15) is 0 Å². The first-order valence-corrected chi connectivity index (χ1v) is 0. The molecule has 0 spiro atoms. The zero-order chi connectivity index (χ0) is 0. The Morgan fingerprint density at radius 1 is 0.750 bits per heavy atom. The van der Waals surface area contributed by atoms with Gasteiger partial charge in [-0.3, -0.25) is 0 Å². The molecule has 0 nitrogen and oxygen atoms in total. The Kier molecular flexibility index (Phi) is 176. The first-order chi connectivity index (χ1) is 0. The summed E-state index contributed by atoms with van der Waals surface area (Å²) in [6.07, 6.45) is 0. The zero-order valence-corrected chi connectivity index (χ0v) is 5.49. The van der Waals surface area contributed by atoms with Crippen LogP contribution in [0, 0.1) is 0 Å². The van der Waals surface area contributed by atoms with E-state index in [0.717, 1.165) is 0 Å². The van der Waals surface area contributed by atoms with Crippen molar-refractivity contribution in [1.29, 1.82) is 0 Å². The molecular formula is H3AlCuSe2. The van der Waals surface area contributed by atoms with E-state index in [0.29, 0.717) is 0 Å². The van der Waals surface area contributed by atoms with Crippen LogP contribution in [0.25, 0.3) is 0 Å². The van der Waals surface area contributed by atoms with Crippen molar-refractivity contribution in [2.75, 3.05) is 0 Å². The van der Waals surface area contributed by atoms with Gasteiger partial charge >= 0.3 is 0 Å². The molecule has 5 radical (unpaired) electrons. The second kappa shape index (κ2) is 19.5. The summed E-state index contributed by atoms with van der Waals surface area (Å²) in [6.45, 7) is 0. The van der Waals surface area contributed by atoms with Gasteiger partial charge in [-0.2, -0.15) is 0 Å². The summed E-state index contributed by atoms with van der Waals surface area (Å²) in [6, 6.07) is 0. The van der Waals surface area contributed by atoms with Gasteiger partial charge < -0.3 is 0 Å². The average molecular weight is 251 g/mol. The molecule has 0 aromatic heterocycles. The maximum absolute atomic E-state index is 0. The van der Waals surface area contributed by atoms with Crippen molar-refractivity contribution in [3.63, 3.8) is 0 Å². The fourth-order valence-corrected chi connectivity index (χ4v) is 0. The average Bonchev–Trinajstić information content (AvgIpc) is 0. The molecule has 0 aliphatic heterocycles. The second-order valence-corrected chi connectivity index (χ2v) is 0. The van der Waals surface area contributed by atoms with E-state index in [1.807, 2.05) is 0 Å². The smallest absolute Gasteiger partial charge is 0 e. The monoisotopic (exact) mass is 253 g/mol. The maximum Gasteiger partial charge on any atom is 0.187 e. The number of rotatable bonds is 0. The van der Waals surface area contributed by atoms with Gasteiger partial charge in [0, 0.05) is 51.2 Å². The normalized spacial score (nSPS) is 0. The molecule has 0 fully saturated rings. The van der Waals surface area contributed by atoms with Crippen LogP contribution >= 0.6 is 0 Å². The first kappa shape index (κ1) is 36.1. The van der Waals surface area contributed by atoms with Crippen LogP contribution in [-0.2, 0) is 17.1 Å². The number of hydrogen-bond donors (Lipinski definition) is 0. The zero-order valence-electron chi connectivity index (χ0n) is 1.12. The summed E-state index contributed by atoms with van der Waals surface area (Å²) >= 11 is 0. The van der Waals surface area contributed by atoms with Gasteiger partial charge in [0.1, 0.15) is 0 Å². The Bertz CT molecular complexity index is 6.00. The van der Waals surface area contributed by atoms with Gasteiger partial charge in [0.2, 0.25) is 0 Å². The summed E-state index contributed by atoms with van der Waals surface area (Å²) in [5.74, 6) is 0. The van der Waals surface area contributed by atoms with Gasteiger partial charge in [0.15, 0.2) is 17.4 Å². The van der Waals surface area contributed by atoms with E-state index >= 15 is 0 Å². The fraction of sp³-hybridized carbons (Fsp3) is 0. The van der Waals surface area contributed by atoms with Crippen LogP contribution in [-0.4, -0.2) is 51.5 Å². The van der Waals surface area contributed by atoms with Gasteiger partial charge in [-0.15, -0.1) is 0 Å². The van der Waals surface area contributed by atoms with Gasteiger partial charge in [-0.25, -0.2) is 0 Å². The molecule has 0 atom stereocenters. The van der Waals surface area contributed by atoms with E-state index in [-0.39, 0.29) is 68.6 Å². The quantitative estimate of drug-likeness (QED) is 0.439. The van der Waals surface area contributed by atoms with E-state index in [4.69, 9.17) is 0 Å².